The van der Waals surface area contributed by atoms with Crippen molar-refractivity contribution >= 4 is 5.69 Å². The molecule has 2 rings (SSSR count). The maximum absolute atomic E-state index is 10.1. The van der Waals surface area contributed by atoms with Gasteiger partial charge in [-0.1, -0.05) is 25.1 Å². The van der Waals surface area contributed by atoms with Crippen LogP contribution >= 0.6 is 0 Å². The summed E-state index contributed by atoms with van der Waals surface area (Å²) >= 11 is 0. The minimum absolute atomic E-state index is 0.412. The molecule has 0 saturated heterocycles. The van der Waals surface area contributed by atoms with E-state index in [1.807, 2.05) is 25.1 Å². The van der Waals surface area contributed by atoms with Gasteiger partial charge >= 0.3 is 0 Å². The van der Waals surface area contributed by atoms with E-state index in [1.54, 1.807) is 0 Å². The fourth-order valence-corrected chi connectivity index (χ4v) is 2.31. The zero-order chi connectivity index (χ0) is 13.0. The van der Waals surface area contributed by atoms with Crippen LogP contribution in [0.3, 0.4) is 0 Å². The van der Waals surface area contributed by atoms with Crippen molar-refractivity contribution in [2.45, 2.75) is 44.8 Å². The van der Waals surface area contributed by atoms with Gasteiger partial charge in [-0.15, -0.1) is 0 Å². The molecule has 0 bridgehead atoms. The molecule has 1 aromatic rings. The molecule has 1 N–H and O–H groups in total. The molecule has 0 radical (unpaired) electrons. The summed E-state index contributed by atoms with van der Waals surface area (Å²) in [5, 5.41) is 18.9. The summed E-state index contributed by atoms with van der Waals surface area (Å²) in [6, 6.07) is 10.8. The normalized spacial score (nSPS) is 16.1. The highest BCUT2D eigenvalue weighted by Crippen LogP contribution is 2.36. The third-order valence-electron chi connectivity index (χ3n) is 3.44. The topological polar surface area (TPSA) is 47.3 Å². The van der Waals surface area contributed by atoms with Gasteiger partial charge in [0.15, 0.2) is 0 Å². The highest BCUT2D eigenvalue weighted by molar-refractivity contribution is 5.56. The fraction of sp³-hybridized carbons (Fsp3) is 0.533. The standard InChI is InChI=1S/C15H20N2O/c1-2-15(18)13-6-3-4-7-14(13)17(11-5-10-16)12-8-9-12/h3-4,6-7,12,15,18H,2,5,8-9,11H2,1H3. The van der Waals surface area contributed by atoms with Gasteiger partial charge in [-0.25, -0.2) is 0 Å². The summed E-state index contributed by atoms with van der Waals surface area (Å²) in [7, 11) is 0. The first-order valence-corrected chi connectivity index (χ1v) is 6.68. The lowest BCUT2D eigenvalue weighted by molar-refractivity contribution is 0.174. The van der Waals surface area contributed by atoms with Crippen molar-refractivity contribution in [1.29, 1.82) is 5.26 Å². The summed E-state index contributed by atoms with van der Waals surface area (Å²) in [4.78, 5) is 2.29. The van der Waals surface area contributed by atoms with Gasteiger partial charge in [0.05, 0.1) is 18.6 Å². The smallest absolute Gasteiger partial charge is 0.0807 e. The average molecular weight is 244 g/mol. The number of rotatable bonds is 6. The largest absolute Gasteiger partial charge is 0.388 e. The second-order valence-electron chi connectivity index (χ2n) is 4.82. The van der Waals surface area contributed by atoms with Crippen molar-refractivity contribution in [2.24, 2.45) is 0 Å². The third-order valence-corrected chi connectivity index (χ3v) is 3.44. The zero-order valence-electron chi connectivity index (χ0n) is 10.8. The number of benzene rings is 1. The lowest BCUT2D eigenvalue weighted by atomic mass is 10.0. The molecule has 1 aromatic carbocycles. The van der Waals surface area contributed by atoms with Crippen molar-refractivity contribution < 1.29 is 5.11 Å². The predicted octanol–water partition coefficient (Wildman–Crippen LogP) is 3.01. The molecule has 96 valence electrons. The van der Waals surface area contributed by atoms with Crippen molar-refractivity contribution in [2.75, 3.05) is 11.4 Å². The van der Waals surface area contributed by atoms with Crippen LogP contribution in [0.25, 0.3) is 0 Å². The van der Waals surface area contributed by atoms with Crippen molar-refractivity contribution in [3.63, 3.8) is 0 Å². The summed E-state index contributed by atoms with van der Waals surface area (Å²) in [6.45, 7) is 2.74. The van der Waals surface area contributed by atoms with E-state index >= 15 is 0 Å². The van der Waals surface area contributed by atoms with Gasteiger partial charge in [-0.05, 0) is 25.3 Å². The van der Waals surface area contributed by atoms with Crippen molar-refractivity contribution in [1.82, 2.24) is 0 Å². The van der Waals surface area contributed by atoms with E-state index in [0.29, 0.717) is 18.9 Å². The summed E-state index contributed by atoms with van der Waals surface area (Å²) in [5.74, 6) is 0. The van der Waals surface area contributed by atoms with Gasteiger partial charge in [0, 0.05) is 23.8 Å². The van der Waals surface area contributed by atoms with E-state index in [4.69, 9.17) is 5.26 Å². The Morgan fingerprint density at radius 3 is 2.78 bits per heavy atom. The number of hydrogen-bond donors (Lipinski definition) is 1. The van der Waals surface area contributed by atoms with E-state index in [0.717, 1.165) is 17.8 Å². The molecular weight excluding hydrogens is 224 g/mol. The third kappa shape index (κ3) is 2.83. The number of hydrogen-bond acceptors (Lipinski definition) is 3. The molecule has 1 fully saturated rings. The van der Waals surface area contributed by atoms with Crippen LogP contribution in [0.2, 0.25) is 0 Å². The molecular formula is C15H20N2O. The van der Waals surface area contributed by atoms with Crippen molar-refractivity contribution in [3.8, 4) is 6.07 Å². The lowest BCUT2D eigenvalue weighted by Crippen LogP contribution is -2.28. The van der Waals surface area contributed by atoms with Crippen LogP contribution in [0.1, 0.15) is 44.3 Å². The Balaban J connectivity index is 2.26. The summed E-state index contributed by atoms with van der Waals surface area (Å²) in [6.07, 6.45) is 3.23. The van der Waals surface area contributed by atoms with Crippen LogP contribution in [0, 0.1) is 11.3 Å². The Morgan fingerprint density at radius 1 is 1.44 bits per heavy atom. The van der Waals surface area contributed by atoms with Gasteiger partial charge in [-0.2, -0.15) is 5.26 Å². The first-order chi connectivity index (χ1) is 8.77. The SMILES string of the molecule is CCC(O)c1ccccc1N(CCC#N)C1CC1. The Labute approximate surface area is 109 Å². The highest BCUT2D eigenvalue weighted by Gasteiger charge is 2.30. The molecule has 0 amide bonds. The van der Waals surface area contributed by atoms with Gasteiger partial charge in [-0.3, -0.25) is 0 Å². The zero-order valence-corrected chi connectivity index (χ0v) is 10.8. The van der Waals surface area contributed by atoms with E-state index in [1.165, 1.54) is 12.8 Å². The molecule has 1 saturated carbocycles. The highest BCUT2D eigenvalue weighted by atomic mass is 16.3. The predicted molar refractivity (Wildman–Crippen MR) is 72.3 cm³/mol. The number of nitrogens with zero attached hydrogens (tertiary/aromatic N) is 2. The Bertz CT molecular complexity index is 434. The van der Waals surface area contributed by atoms with E-state index < -0.39 is 6.10 Å². The Hall–Kier alpha value is -1.53. The monoisotopic (exact) mass is 244 g/mol. The van der Waals surface area contributed by atoms with Crippen LogP contribution in [-0.4, -0.2) is 17.7 Å². The number of aliphatic hydroxyl groups excluding tert-OH is 1. The van der Waals surface area contributed by atoms with Gasteiger partial charge in [0.2, 0.25) is 0 Å². The lowest BCUT2D eigenvalue weighted by Gasteiger charge is -2.27. The molecule has 1 atom stereocenters. The van der Waals surface area contributed by atoms with Gasteiger partial charge in [0.25, 0.3) is 0 Å². The van der Waals surface area contributed by atoms with E-state index in [-0.39, 0.29) is 0 Å². The molecule has 0 aromatic heterocycles. The van der Waals surface area contributed by atoms with Crippen LogP contribution < -0.4 is 4.90 Å². The van der Waals surface area contributed by atoms with Crippen LogP contribution in [0.15, 0.2) is 24.3 Å². The average Bonchev–Trinajstić information content (AvgIpc) is 3.23. The fourth-order valence-electron chi connectivity index (χ4n) is 2.31. The summed E-state index contributed by atoms with van der Waals surface area (Å²) < 4.78 is 0. The maximum atomic E-state index is 10.1. The molecule has 1 unspecified atom stereocenters. The van der Waals surface area contributed by atoms with Crippen LogP contribution in [0.5, 0.6) is 0 Å². The minimum Gasteiger partial charge on any atom is -0.388 e. The van der Waals surface area contributed by atoms with Crippen molar-refractivity contribution in [3.05, 3.63) is 29.8 Å². The van der Waals surface area contributed by atoms with E-state index in [9.17, 15) is 5.11 Å². The van der Waals surface area contributed by atoms with Crippen LogP contribution in [-0.2, 0) is 0 Å². The van der Waals surface area contributed by atoms with Crippen LogP contribution in [0.4, 0.5) is 5.69 Å². The second-order valence-corrected chi connectivity index (χ2v) is 4.82. The minimum atomic E-state index is -0.412. The number of anilines is 1. The Morgan fingerprint density at radius 2 is 2.17 bits per heavy atom. The molecule has 1 aliphatic rings. The molecule has 18 heavy (non-hydrogen) atoms. The Kier molecular flexibility index (Phi) is 4.22. The molecule has 0 aliphatic heterocycles. The molecule has 1 aliphatic carbocycles. The summed E-state index contributed by atoms with van der Waals surface area (Å²) in [5.41, 5.74) is 2.09. The second kappa shape index (κ2) is 5.88. The molecule has 0 spiro atoms. The maximum Gasteiger partial charge on any atom is 0.0807 e. The quantitative estimate of drug-likeness (QED) is 0.836. The molecule has 3 heteroatoms. The van der Waals surface area contributed by atoms with Gasteiger partial charge in [0.1, 0.15) is 0 Å². The number of para-hydroxylation sites is 1. The number of aliphatic hydroxyl groups is 1. The number of nitriles is 1. The van der Waals surface area contributed by atoms with Gasteiger partial charge < -0.3 is 10.0 Å². The first-order valence-electron chi connectivity index (χ1n) is 6.68. The molecule has 0 heterocycles. The molecule has 3 nitrogen and oxygen atoms in total. The first kappa shape index (κ1) is 12.9. The van der Waals surface area contributed by atoms with E-state index in [2.05, 4.69) is 17.0 Å².